The van der Waals surface area contributed by atoms with Crippen molar-refractivity contribution in [2.24, 2.45) is 0 Å². The van der Waals surface area contributed by atoms with Crippen LogP contribution in [-0.4, -0.2) is 33.5 Å². The lowest BCUT2D eigenvalue weighted by molar-refractivity contribution is 0.0701. The van der Waals surface area contributed by atoms with Crippen molar-refractivity contribution < 1.29 is 15.0 Å². The quantitative estimate of drug-likeness (QED) is 0.803. The first kappa shape index (κ1) is 15.0. The third-order valence-corrected chi connectivity index (χ3v) is 4.90. The minimum atomic E-state index is -0.928. The van der Waals surface area contributed by atoms with Crippen molar-refractivity contribution in [1.82, 2.24) is 4.98 Å². The van der Waals surface area contributed by atoms with Gasteiger partial charge in [-0.1, -0.05) is 24.3 Å². The molecule has 1 heterocycles. The molecule has 2 aromatic rings. The monoisotopic (exact) mass is 309 g/mol. The van der Waals surface area contributed by atoms with Crippen LogP contribution in [0.15, 0.2) is 24.3 Å². The number of carbonyl (C=O) groups is 1. The molecule has 0 aliphatic carbocycles. The summed E-state index contributed by atoms with van der Waals surface area (Å²) in [5, 5.41) is 18.5. The van der Waals surface area contributed by atoms with Crippen LogP contribution >= 0.6 is 23.1 Å². The van der Waals surface area contributed by atoms with Gasteiger partial charge in [-0.3, -0.25) is 0 Å². The fourth-order valence-electron chi connectivity index (χ4n) is 1.72. The number of aromatic carboxylic acids is 1. The van der Waals surface area contributed by atoms with Gasteiger partial charge in [-0.2, -0.15) is 11.8 Å². The zero-order chi connectivity index (χ0) is 14.5. The van der Waals surface area contributed by atoms with Crippen molar-refractivity contribution in [2.75, 3.05) is 12.4 Å². The van der Waals surface area contributed by atoms with Gasteiger partial charge in [-0.05, 0) is 12.5 Å². The number of aliphatic hydroxyl groups excluding tert-OH is 1. The molecule has 20 heavy (non-hydrogen) atoms. The number of thiazole rings is 1. The average Bonchev–Trinajstić information content (AvgIpc) is 2.82. The Morgan fingerprint density at radius 1 is 1.35 bits per heavy atom. The smallest absolute Gasteiger partial charge is 0.347 e. The van der Waals surface area contributed by atoms with Crippen molar-refractivity contribution >= 4 is 29.1 Å². The maximum Gasteiger partial charge on any atom is 0.347 e. The van der Waals surface area contributed by atoms with E-state index in [0.717, 1.165) is 22.1 Å². The van der Waals surface area contributed by atoms with E-state index in [1.165, 1.54) is 16.9 Å². The van der Waals surface area contributed by atoms with Gasteiger partial charge in [0.05, 0.1) is 12.3 Å². The van der Waals surface area contributed by atoms with Crippen LogP contribution in [0, 0.1) is 6.92 Å². The van der Waals surface area contributed by atoms with Crippen LogP contribution in [0.3, 0.4) is 0 Å². The fourth-order valence-corrected chi connectivity index (χ4v) is 3.33. The molecule has 0 radical (unpaired) electrons. The number of aliphatic hydroxyl groups is 1. The maximum absolute atomic E-state index is 11.0. The van der Waals surface area contributed by atoms with Gasteiger partial charge in [0.2, 0.25) is 0 Å². The molecular formula is C14H15NO3S2. The van der Waals surface area contributed by atoms with Crippen LogP contribution in [0.2, 0.25) is 0 Å². The Morgan fingerprint density at radius 3 is 2.60 bits per heavy atom. The zero-order valence-electron chi connectivity index (χ0n) is 11.0. The summed E-state index contributed by atoms with van der Waals surface area (Å²) < 4.78 is 0. The highest BCUT2D eigenvalue weighted by Crippen LogP contribution is 2.28. The Hall–Kier alpha value is -1.37. The van der Waals surface area contributed by atoms with Gasteiger partial charge in [0.25, 0.3) is 0 Å². The number of thioether (sulfide) groups is 1. The summed E-state index contributed by atoms with van der Waals surface area (Å²) in [5.74, 6) is 0.663. The Bertz CT molecular complexity index is 593. The molecule has 0 saturated carbocycles. The molecule has 0 unspecified atom stereocenters. The summed E-state index contributed by atoms with van der Waals surface area (Å²) in [4.78, 5) is 15.6. The van der Waals surface area contributed by atoms with E-state index < -0.39 is 5.97 Å². The Labute approximate surface area is 125 Å². The molecule has 2 rings (SSSR count). The van der Waals surface area contributed by atoms with Gasteiger partial charge in [0.15, 0.2) is 0 Å². The zero-order valence-corrected chi connectivity index (χ0v) is 12.6. The van der Waals surface area contributed by atoms with E-state index in [9.17, 15) is 4.79 Å². The van der Waals surface area contributed by atoms with Crippen LogP contribution in [0.4, 0.5) is 0 Å². The molecule has 0 fully saturated rings. The average molecular weight is 309 g/mol. The highest BCUT2D eigenvalue weighted by molar-refractivity contribution is 7.98. The summed E-state index contributed by atoms with van der Waals surface area (Å²) in [5.41, 5.74) is 2.67. The second kappa shape index (κ2) is 6.88. The van der Waals surface area contributed by atoms with E-state index in [-0.39, 0.29) is 6.61 Å². The van der Waals surface area contributed by atoms with Crippen molar-refractivity contribution in [1.29, 1.82) is 0 Å². The molecule has 0 spiro atoms. The maximum atomic E-state index is 11.0. The van der Waals surface area contributed by atoms with E-state index in [1.807, 2.05) is 24.3 Å². The largest absolute Gasteiger partial charge is 0.477 e. The second-order valence-electron chi connectivity index (χ2n) is 4.21. The number of hydrogen-bond acceptors (Lipinski definition) is 5. The topological polar surface area (TPSA) is 70.4 Å². The number of carboxylic acids is 1. The van der Waals surface area contributed by atoms with Gasteiger partial charge in [-0.15, -0.1) is 11.3 Å². The predicted octanol–water partition coefficient (Wildman–Crippen LogP) is 3.04. The van der Waals surface area contributed by atoms with Crippen molar-refractivity contribution in [2.45, 2.75) is 12.7 Å². The number of carboxylic acid groups (broad SMARTS) is 1. The van der Waals surface area contributed by atoms with Gasteiger partial charge < -0.3 is 10.2 Å². The van der Waals surface area contributed by atoms with Crippen molar-refractivity contribution in [3.8, 4) is 10.6 Å². The Kier molecular flexibility index (Phi) is 5.17. The highest BCUT2D eigenvalue weighted by atomic mass is 32.2. The standard InChI is InChI=1S/C14H15NO3S2/c1-9-12(14(17)18)20-13(15-9)11-4-2-10(3-5-11)8-19-7-6-16/h2-5,16H,6-8H2,1H3,(H,17,18). The number of benzene rings is 1. The number of hydrogen-bond donors (Lipinski definition) is 2. The van der Waals surface area contributed by atoms with Gasteiger partial charge >= 0.3 is 5.97 Å². The molecule has 0 aliphatic heterocycles. The summed E-state index contributed by atoms with van der Waals surface area (Å²) in [6.07, 6.45) is 0. The van der Waals surface area contributed by atoms with E-state index in [1.54, 1.807) is 18.7 Å². The summed E-state index contributed by atoms with van der Waals surface area (Å²) >= 11 is 2.88. The molecule has 106 valence electrons. The van der Waals surface area contributed by atoms with Gasteiger partial charge in [0, 0.05) is 17.1 Å². The van der Waals surface area contributed by atoms with Crippen LogP contribution in [-0.2, 0) is 5.75 Å². The second-order valence-corrected chi connectivity index (χ2v) is 6.32. The summed E-state index contributed by atoms with van der Waals surface area (Å²) in [6, 6.07) is 7.94. The molecule has 0 amide bonds. The third kappa shape index (κ3) is 3.59. The molecule has 0 atom stereocenters. The molecule has 6 heteroatoms. The van der Waals surface area contributed by atoms with Crippen LogP contribution in [0.25, 0.3) is 10.6 Å². The normalized spacial score (nSPS) is 10.7. The van der Waals surface area contributed by atoms with E-state index in [2.05, 4.69) is 4.98 Å². The molecule has 0 aliphatic rings. The van der Waals surface area contributed by atoms with E-state index in [0.29, 0.717) is 10.6 Å². The third-order valence-electron chi connectivity index (χ3n) is 2.70. The molecule has 4 nitrogen and oxygen atoms in total. The minimum absolute atomic E-state index is 0.194. The summed E-state index contributed by atoms with van der Waals surface area (Å²) in [7, 11) is 0. The molecule has 2 N–H and O–H groups in total. The van der Waals surface area contributed by atoms with E-state index in [4.69, 9.17) is 10.2 Å². The van der Waals surface area contributed by atoms with Crippen LogP contribution in [0.1, 0.15) is 20.9 Å². The fraction of sp³-hybridized carbons (Fsp3) is 0.286. The van der Waals surface area contributed by atoms with E-state index >= 15 is 0 Å². The molecular weight excluding hydrogens is 294 g/mol. The van der Waals surface area contributed by atoms with Gasteiger partial charge in [-0.25, -0.2) is 9.78 Å². The first-order valence-corrected chi connectivity index (χ1v) is 8.07. The number of aromatic nitrogens is 1. The molecule has 1 aromatic carbocycles. The van der Waals surface area contributed by atoms with Crippen molar-refractivity contribution in [3.63, 3.8) is 0 Å². The van der Waals surface area contributed by atoms with Crippen molar-refractivity contribution in [3.05, 3.63) is 40.4 Å². The minimum Gasteiger partial charge on any atom is -0.477 e. The molecule has 0 saturated heterocycles. The lowest BCUT2D eigenvalue weighted by atomic mass is 10.2. The first-order valence-electron chi connectivity index (χ1n) is 6.10. The lowest BCUT2D eigenvalue weighted by Gasteiger charge is -2.01. The number of nitrogens with zero attached hydrogens (tertiary/aromatic N) is 1. The summed E-state index contributed by atoms with van der Waals surface area (Å²) in [6.45, 7) is 1.91. The molecule has 0 bridgehead atoms. The number of rotatable bonds is 6. The first-order chi connectivity index (χ1) is 9.61. The molecule has 1 aromatic heterocycles. The SMILES string of the molecule is Cc1nc(-c2ccc(CSCCO)cc2)sc1C(=O)O. The van der Waals surface area contributed by atoms with Crippen LogP contribution in [0.5, 0.6) is 0 Å². The van der Waals surface area contributed by atoms with Gasteiger partial charge in [0.1, 0.15) is 9.88 Å². The highest BCUT2D eigenvalue weighted by Gasteiger charge is 2.14. The predicted molar refractivity (Wildman–Crippen MR) is 82.5 cm³/mol. The number of aryl methyl sites for hydroxylation is 1. The Morgan fingerprint density at radius 2 is 2.05 bits per heavy atom. The Balaban J connectivity index is 2.13. The van der Waals surface area contributed by atoms with Crippen LogP contribution < -0.4 is 0 Å². The lowest BCUT2D eigenvalue weighted by Crippen LogP contribution is -1.94.